The van der Waals surface area contributed by atoms with Gasteiger partial charge >= 0.3 is 5.97 Å². The molecule has 0 spiro atoms. The second-order valence-electron chi connectivity index (χ2n) is 12.5. The first kappa shape index (κ1) is 30.7. The van der Waals surface area contributed by atoms with Crippen molar-refractivity contribution in [3.05, 3.63) is 99.1 Å². The maximum atomic E-state index is 12.0. The van der Waals surface area contributed by atoms with Crippen molar-refractivity contribution in [2.45, 2.75) is 38.8 Å². The molecule has 0 unspecified atom stereocenters. The highest BCUT2D eigenvalue weighted by Gasteiger charge is 2.32. The molecule has 234 valence electrons. The molecule has 11 nitrogen and oxygen atoms in total. The number of aromatic carboxylic acids is 1. The van der Waals surface area contributed by atoms with Gasteiger partial charge in [0.1, 0.15) is 23.0 Å². The molecule has 0 fully saturated rings. The van der Waals surface area contributed by atoms with Crippen LogP contribution in [0.2, 0.25) is 0 Å². The van der Waals surface area contributed by atoms with E-state index in [2.05, 4.69) is 5.32 Å². The number of anilines is 1. The van der Waals surface area contributed by atoms with Gasteiger partial charge in [0.15, 0.2) is 0 Å². The Morgan fingerprint density at radius 3 is 2.04 bits per heavy atom. The van der Waals surface area contributed by atoms with Crippen molar-refractivity contribution in [3.63, 3.8) is 0 Å². The lowest BCUT2D eigenvalue weighted by atomic mass is 9.85. The minimum absolute atomic E-state index is 0.0759. The van der Waals surface area contributed by atoms with E-state index in [-0.39, 0.29) is 5.56 Å². The summed E-state index contributed by atoms with van der Waals surface area (Å²) in [4.78, 5) is 16.4. The molecule has 0 saturated heterocycles. The summed E-state index contributed by atoms with van der Waals surface area (Å²) >= 11 is 0. The number of fused-ring (bicyclic) bond motifs is 4. The van der Waals surface area contributed by atoms with Gasteiger partial charge in [-0.2, -0.15) is 16.8 Å². The van der Waals surface area contributed by atoms with Crippen LogP contribution in [-0.2, 0) is 20.2 Å². The van der Waals surface area contributed by atoms with E-state index in [1.54, 1.807) is 48.6 Å². The SMILES string of the molecule is CC1(C)C=C(CS(=O)(=O)O)c2cc3c(cc2=N1)Oc1cc2c(cc1C=3c1ccc(C(=O)O)cc1)C(CS(=O)(=O)O)=CC(C)(C)N2. The first-order valence-corrected chi connectivity index (χ1v) is 17.1. The Balaban J connectivity index is 1.68. The van der Waals surface area contributed by atoms with Crippen LogP contribution in [0.5, 0.6) is 11.5 Å². The molecule has 3 aromatic rings. The van der Waals surface area contributed by atoms with Crippen LogP contribution in [0.15, 0.2) is 65.7 Å². The standard InChI is InChI=1S/C32H30N2O9S2/c1-31(2)13-19(15-44(37,38)39)21-9-23-27(11-25(21)33-31)43-28-12-26-22(20(16-45(40,41)42)14-32(3,4)34-26)10-24(28)29(23)17-5-7-18(8-6-17)30(35)36/h5-14,33H,15-16H2,1-4H3,(H,35,36)(H,37,38,39)(H,40,41,42). The number of nitrogens with zero attached hydrogens (tertiary/aromatic N) is 1. The molecule has 3 aliphatic rings. The number of benzene rings is 3. The van der Waals surface area contributed by atoms with Crippen molar-refractivity contribution >= 4 is 48.6 Å². The largest absolute Gasteiger partial charge is 0.478 e. The molecule has 0 amide bonds. The van der Waals surface area contributed by atoms with Gasteiger partial charge < -0.3 is 15.2 Å². The van der Waals surface area contributed by atoms with Crippen molar-refractivity contribution in [2.75, 3.05) is 16.8 Å². The minimum Gasteiger partial charge on any atom is -0.478 e. The Morgan fingerprint density at radius 1 is 0.822 bits per heavy atom. The first-order chi connectivity index (χ1) is 20.8. The zero-order chi connectivity index (χ0) is 32.7. The summed E-state index contributed by atoms with van der Waals surface area (Å²) in [5.74, 6) is -1.50. The Bertz CT molecular complexity index is 2230. The molecule has 3 aromatic carbocycles. The Morgan fingerprint density at radius 2 is 1.44 bits per heavy atom. The summed E-state index contributed by atoms with van der Waals surface area (Å²) in [6.07, 6.45) is 3.42. The number of rotatable bonds is 6. The van der Waals surface area contributed by atoms with Crippen LogP contribution in [0, 0.1) is 0 Å². The molecule has 3 heterocycles. The highest BCUT2D eigenvalue weighted by Crippen LogP contribution is 2.44. The summed E-state index contributed by atoms with van der Waals surface area (Å²) < 4.78 is 73.9. The van der Waals surface area contributed by atoms with E-state index in [9.17, 15) is 35.8 Å². The van der Waals surface area contributed by atoms with Gasteiger partial charge in [0.25, 0.3) is 20.2 Å². The van der Waals surface area contributed by atoms with E-state index in [1.807, 2.05) is 27.7 Å². The molecule has 45 heavy (non-hydrogen) atoms. The number of hydrogen-bond donors (Lipinski definition) is 4. The van der Waals surface area contributed by atoms with E-state index >= 15 is 0 Å². The molecule has 0 bridgehead atoms. The molecule has 3 aliphatic heterocycles. The summed E-state index contributed by atoms with van der Waals surface area (Å²) in [7, 11) is -8.77. The van der Waals surface area contributed by atoms with Crippen LogP contribution in [0.1, 0.15) is 60.3 Å². The second kappa shape index (κ2) is 10.1. The van der Waals surface area contributed by atoms with E-state index in [0.717, 1.165) is 0 Å². The molecule has 0 aromatic heterocycles. The fourth-order valence-electron chi connectivity index (χ4n) is 6.16. The van der Waals surface area contributed by atoms with E-state index < -0.39 is 48.8 Å². The van der Waals surface area contributed by atoms with Gasteiger partial charge in [-0.25, -0.2) is 4.79 Å². The van der Waals surface area contributed by atoms with E-state index in [4.69, 9.17) is 9.73 Å². The summed E-state index contributed by atoms with van der Waals surface area (Å²) in [5, 5.41) is 13.9. The summed E-state index contributed by atoms with van der Waals surface area (Å²) in [6, 6.07) is 13.2. The van der Waals surface area contributed by atoms with Gasteiger partial charge in [0.2, 0.25) is 0 Å². The van der Waals surface area contributed by atoms with Gasteiger partial charge in [-0.15, -0.1) is 0 Å². The van der Waals surface area contributed by atoms with E-state index in [1.165, 1.54) is 12.1 Å². The molecule has 0 atom stereocenters. The van der Waals surface area contributed by atoms with Crippen LogP contribution < -0.4 is 20.6 Å². The third-order valence-corrected chi connectivity index (χ3v) is 9.04. The molecule has 4 N–H and O–H groups in total. The van der Waals surface area contributed by atoms with Crippen LogP contribution in [0.25, 0.3) is 16.7 Å². The Labute approximate surface area is 259 Å². The van der Waals surface area contributed by atoms with Crippen LogP contribution in [0.3, 0.4) is 0 Å². The normalized spacial score (nSPS) is 17.6. The third-order valence-electron chi connectivity index (χ3n) is 7.69. The summed E-state index contributed by atoms with van der Waals surface area (Å²) in [5.41, 5.74) is 2.78. The highest BCUT2D eigenvalue weighted by atomic mass is 32.2. The lowest BCUT2D eigenvalue weighted by Gasteiger charge is -2.34. The van der Waals surface area contributed by atoms with Crippen molar-refractivity contribution in [3.8, 4) is 11.5 Å². The second-order valence-corrected chi connectivity index (χ2v) is 15.4. The number of hydrogen-bond acceptors (Lipinski definition) is 8. The van der Waals surface area contributed by atoms with Crippen molar-refractivity contribution in [1.29, 1.82) is 0 Å². The average molecular weight is 651 g/mol. The molecule has 6 rings (SSSR count). The minimum atomic E-state index is -4.39. The summed E-state index contributed by atoms with van der Waals surface area (Å²) in [6.45, 7) is 7.36. The van der Waals surface area contributed by atoms with Crippen LogP contribution in [-0.4, -0.2) is 59.6 Å². The fourth-order valence-corrected chi connectivity index (χ4v) is 7.42. The molecule has 0 aliphatic carbocycles. The predicted molar refractivity (Wildman–Crippen MR) is 169 cm³/mol. The first-order valence-electron chi connectivity index (χ1n) is 13.9. The number of carboxylic acids is 1. The predicted octanol–water partition coefficient (Wildman–Crippen LogP) is 3.90. The fraction of sp³-hybridized carbons (Fsp3) is 0.250. The molecule has 0 saturated carbocycles. The monoisotopic (exact) mass is 650 g/mol. The van der Waals surface area contributed by atoms with E-state index in [0.29, 0.717) is 66.7 Å². The van der Waals surface area contributed by atoms with Crippen molar-refractivity contribution < 1.29 is 40.6 Å². The lowest BCUT2D eigenvalue weighted by Crippen LogP contribution is -2.33. The Hall–Kier alpha value is -4.30. The average Bonchev–Trinajstić information content (AvgIpc) is 2.87. The van der Waals surface area contributed by atoms with Gasteiger partial charge in [0, 0.05) is 45.3 Å². The number of carbonyl (C=O) groups is 1. The molecular formula is C32H30N2O9S2. The van der Waals surface area contributed by atoms with Gasteiger partial charge in [-0.3, -0.25) is 14.1 Å². The zero-order valence-electron chi connectivity index (χ0n) is 24.7. The van der Waals surface area contributed by atoms with Gasteiger partial charge in [-0.05, 0) is 68.7 Å². The third kappa shape index (κ3) is 6.16. The van der Waals surface area contributed by atoms with Gasteiger partial charge in [0.05, 0.1) is 22.0 Å². The molecule has 13 heteroatoms. The molecule has 0 radical (unpaired) electrons. The van der Waals surface area contributed by atoms with Crippen LogP contribution in [0.4, 0.5) is 5.69 Å². The molecular weight excluding hydrogens is 620 g/mol. The number of carboxylic acid groups (broad SMARTS) is 1. The van der Waals surface area contributed by atoms with Crippen molar-refractivity contribution in [2.24, 2.45) is 4.99 Å². The maximum Gasteiger partial charge on any atom is 0.335 e. The number of ether oxygens (including phenoxy) is 1. The maximum absolute atomic E-state index is 12.0. The smallest absolute Gasteiger partial charge is 0.335 e. The van der Waals surface area contributed by atoms with Crippen LogP contribution >= 0.6 is 0 Å². The zero-order valence-corrected chi connectivity index (χ0v) is 26.4. The number of nitrogens with one attached hydrogen (secondary N) is 1. The van der Waals surface area contributed by atoms with Gasteiger partial charge in [-0.1, -0.05) is 24.3 Å². The van der Waals surface area contributed by atoms with Crippen molar-refractivity contribution in [1.82, 2.24) is 0 Å². The topological polar surface area (TPSA) is 180 Å². The highest BCUT2D eigenvalue weighted by molar-refractivity contribution is 7.86. The Kier molecular flexibility index (Phi) is 6.90. The lowest BCUT2D eigenvalue weighted by molar-refractivity contribution is 0.0696. The quantitative estimate of drug-likeness (QED) is 0.224.